The van der Waals surface area contributed by atoms with Crippen LogP contribution in [0.3, 0.4) is 0 Å². The predicted molar refractivity (Wildman–Crippen MR) is 78.2 cm³/mol. The highest BCUT2D eigenvalue weighted by molar-refractivity contribution is 4.74. The maximum absolute atomic E-state index is 6.06. The van der Waals surface area contributed by atoms with Crippen molar-refractivity contribution in [2.45, 2.75) is 72.8 Å². The summed E-state index contributed by atoms with van der Waals surface area (Å²) in [4.78, 5) is 0. The van der Waals surface area contributed by atoms with Gasteiger partial charge in [-0.3, -0.25) is 0 Å². The van der Waals surface area contributed by atoms with Crippen LogP contribution in [0, 0.1) is 11.3 Å². The van der Waals surface area contributed by atoms with E-state index >= 15 is 0 Å². The van der Waals surface area contributed by atoms with Crippen LogP contribution in [-0.4, -0.2) is 19.1 Å². The van der Waals surface area contributed by atoms with Crippen molar-refractivity contribution in [3.8, 4) is 0 Å². The van der Waals surface area contributed by atoms with Crippen molar-refractivity contribution in [3.05, 3.63) is 0 Å². The highest BCUT2D eigenvalue weighted by atomic mass is 14.9. The molecule has 0 spiro atoms. The Labute approximate surface area is 109 Å². The lowest BCUT2D eigenvalue weighted by Gasteiger charge is -2.26. The number of hydrogen-bond acceptors (Lipinski definition) is 2. The van der Waals surface area contributed by atoms with E-state index in [1.807, 2.05) is 0 Å². The van der Waals surface area contributed by atoms with Crippen molar-refractivity contribution in [3.63, 3.8) is 0 Å². The van der Waals surface area contributed by atoms with Crippen LogP contribution in [0.25, 0.3) is 0 Å². The van der Waals surface area contributed by atoms with E-state index in [4.69, 9.17) is 5.73 Å². The molecule has 0 rings (SSSR count). The Morgan fingerprint density at radius 2 is 1.82 bits per heavy atom. The molecule has 0 aliphatic heterocycles. The topological polar surface area (TPSA) is 38.0 Å². The third-order valence-corrected chi connectivity index (χ3v) is 3.24. The van der Waals surface area contributed by atoms with E-state index in [2.05, 4.69) is 39.9 Å². The molecule has 0 bridgehead atoms. The van der Waals surface area contributed by atoms with Crippen LogP contribution in [0.1, 0.15) is 66.7 Å². The van der Waals surface area contributed by atoms with Gasteiger partial charge in [0.15, 0.2) is 0 Å². The molecule has 0 heterocycles. The van der Waals surface area contributed by atoms with Gasteiger partial charge in [0.05, 0.1) is 0 Å². The largest absolute Gasteiger partial charge is 0.327 e. The Kier molecular flexibility index (Phi) is 8.89. The number of nitrogens with two attached hydrogens (primary N) is 1. The van der Waals surface area contributed by atoms with Gasteiger partial charge in [0, 0.05) is 19.1 Å². The second-order valence-electron chi connectivity index (χ2n) is 6.64. The Balaban J connectivity index is 3.63. The van der Waals surface area contributed by atoms with Crippen LogP contribution >= 0.6 is 0 Å². The van der Waals surface area contributed by atoms with Gasteiger partial charge in [-0.25, -0.2) is 0 Å². The summed E-state index contributed by atoms with van der Waals surface area (Å²) in [6, 6.07) is 0.307. The fraction of sp³-hybridized carbons (Fsp3) is 1.00. The Morgan fingerprint density at radius 1 is 1.18 bits per heavy atom. The van der Waals surface area contributed by atoms with E-state index in [1.165, 1.54) is 25.7 Å². The molecular weight excluding hydrogens is 208 g/mol. The Hall–Kier alpha value is -0.0800. The van der Waals surface area contributed by atoms with Gasteiger partial charge < -0.3 is 11.1 Å². The van der Waals surface area contributed by atoms with Crippen molar-refractivity contribution in [1.29, 1.82) is 0 Å². The molecule has 17 heavy (non-hydrogen) atoms. The van der Waals surface area contributed by atoms with E-state index in [0.29, 0.717) is 17.4 Å². The molecule has 3 N–H and O–H groups in total. The second-order valence-corrected chi connectivity index (χ2v) is 6.64. The summed E-state index contributed by atoms with van der Waals surface area (Å²) >= 11 is 0. The molecule has 0 aromatic carbocycles. The molecule has 0 amide bonds. The van der Waals surface area contributed by atoms with Crippen molar-refractivity contribution in [1.82, 2.24) is 5.32 Å². The first kappa shape index (κ1) is 16.9. The molecule has 2 heteroatoms. The van der Waals surface area contributed by atoms with E-state index < -0.39 is 0 Å². The molecule has 2 nitrogen and oxygen atoms in total. The first-order valence-electron chi connectivity index (χ1n) is 7.33. The first-order chi connectivity index (χ1) is 7.87. The molecule has 0 aliphatic rings. The monoisotopic (exact) mass is 242 g/mol. The fourth-order valence-electron chi connectivity index (χ4n) is 2.23. The van der Waals surface area contributed by atoms with Crippen LogP contribution in [-0.2, 0) is 0 Å². The van der Waals surface area contributed by atoms with Crippen molar-refractivity contribution in [2.75, 3.05) is 13.1 Å². The molecule has 0 aliphatic carbocycles. The standard InChI is InChI=1S/C15H34N2/c1-6-7-8-9-15(4,5)12-17-11-14(16)10-13(2)3/h13-14,17H,6-12,16H2,1-5H3. The van der Waals surface area contributed by atoms with Gasteiger partial charge in [-0.15, -0.1) is 0 Å². The minimum absolute atomic E-state index is 0.307. The van der Waals surface area contributed by atoms with Gasteiger partial charge in [0.2, 0.25) is 0 Å². The normalized spacial score (nSPS) is 14.3. The molecule has 0 aromatic rings. The number of rotatable bonds is 10. The summed E-state index contributed by atoms with van der Waals surface area (Å²) in [7, 11) is 0. The van der Waals surface area contributed by atoms with Crippen molar-refractivity contribution in [2.24, 2.45) is 17.1 Å². The molecule has 0 saturated carbocycles. The van der Waals surface area contributed by atoms with E-state index in [9.17, 15) is 0 Å². The lowest BCUT2D eigenvalue weighted by molar-refractivity contribution is 0.297. The lowest BCUT2D eigenvalue weighted by Crippen LogP contribution is -2.39. The zero-order chi connectivity index (χ0) is 13.3. The fourth-order valence-corrected chi connectivity index (χ4v) is 2.23. The highest BCUT2D eigenvalue weighted by Gasteiger charge is 2.17. The summed E-state index contributed by atoms with van der Waals surface area (Å²) in [6.07, 6.45) is 6.44. The van der Waals surface area contributed by atoms with Crippen molar-refractivity contribution < 1.29 is 0 Å². The van der Waals surface area contributed by atoms with Crippen LogP contribution in [0.15, 0.2) is 0 Å². The summed E-state index contributed by atoms with van der Waals surface area (Å²) in [6.45, 7) is 13.5. The number of nitrogens with one attached hydrogen (secondary N) is 1. The zero-order valence-electron chi connectivity index (χ0n) is 12.7. The predicted octanol–water partition coefficient (Wildman–Crippen LogP) is 3.56. The summed E-state index contributed by atoms with van der Waals surface area (Å²) in [5.74, 6) is 0.698. The van der Waals surface area contributed by atoms with Gasteiger partial charge in [0.25, 0.3) is 0 Å². The lowest BCUT2D eigenvalue weighted by atomic mass is 9.87. The van der Waals surface area contributed by atoms with Crippen LogP contribution in [0.5, 0.6) is 0 Å². The van der Waals surface area contributed by atoms with Gasteiger partial charge in [-0.2, -0.15) is 0 Å². The average molecular weight is 242 g/mol. The van der Waals surface area contributed by atoms with Crippen LogP contribution in [0.4, 0.5) is 0 Å². The first-order valence-corrected chi connectivity index (χ1v) is 7.33. The van der Waals surface area contributed by atoms with Gasteiger partial charge in [0.1, 0.15) is 0 Å². The van der Waals surface area contributed by atoms with E-state index in [0.717, 1.165) is 19.5 Å². The second kappa shape index (κ2) is 8.93. The van der Waals surface area contributed by atoms with E-state index in [1.54, 1.807) is 0 Å². The number of unbranched alkanes of at least 4 members (excludes halogenated alkanes) is 2. The highest BCUT2D eigenvalue weighted by Crippen LogP contribution is 2.22. The third-order valence-electron chi connectivity index (χ3n) is 3.24. The molecular formula is C15H34N2. The smallest absolute Gasteiger partial charge is 0.0167 e. The van der Waals surface area contributed by atoms with Gasteiger partial charge >= 0.3 is 0 Å². The number of hydrogen-bond donors (Lipinski definition) is 2. The molecule has 104 valence electrons. The SMILES string of the molecule is CCCCCC(C)(C)CNCC(N)CC(C)C. The summed E-state index contributed by atoms with van der Waals surface area (Å²) < 4.78 is 0. The summed E-state index contributed by atoms with van der Waals surface area (Å²) in [5.41, 5.74) is 6.47. The maximum atomic E-state index is 6.06. The van der Waals surface area contributed by atoms with Crippen LogP contribution in [0.2, 0.25) is 0 Å². The zero-order valence-corrected chi connectivity index (χ0v) is 12.7. The molecule has 0 radical (unpaired) electrons. The maximum Gasteiger partial charge on any atom is 0.0167 e. The van der Waals surface area contributed by atoms with Crippen molar-refractivity contribution >= 4 is 0 Å². The average Bonchev–Trinajstić information content (AvgIpc) is 2.16. The minimum Gasteiger partial charge on any atom is -0.327 e. The Morgan fingerprint density at radius 3 is 2.35 bits per heavy atom. The molecule has 0 fully saturated rings. The van der Waals surface area contributed by atoms with Crippen LogP contribution < -0.4 is 11.1 Å². The van der Waals surface area contributed by atoms with Gasteiger partial charge in [-0.1, -0.05) is 53.9 Å². The molecule has 0 saturated heterocycles. The summed E-state index contributed by atoms with van der Waals surface area (Å²) in [5, 5.41) is 3.53. The third kappa shape index (κ3) is 10.8. The van der Waals surface area contributed by atoms with E-state index in [-0.39, 0.29) is 0 Å². The minimum atomic E-state index is 0.307. The molecule has 0 aromatic heterocycles. The quantitative estimate of drug-likeness (QED) is 0.575. The molecule has 1 atom stereocenters. The Bertz CT molecular complexity index is 176. The molecule has 1 unspecified atom stereocenters. The van der Waals surface area contributed by atoms with Gasteiger partial charge in [-0.05, 0) is 24.2 Å².